The molecule has 0 fully saturated rings. The lowest BCUT2D eigenvalue weighted by molar-refractivity contribution is -0.0708. The van der Waals surface area contributed by atoms with Crippen molar-refractivity contribution in [2.24, 2.45) is 0 Å². The maximum absolute atomic E-state index is 8.95. The fourth-order valence-corrected chi connectivity index (χ4v) is 2.86. The number of unbranched alkanes of at least 4 members (excludes halogenated alkanes) is 14. The molecule has 0 heterocycles. The van der Waals surface area contributed by atoms with Crippen LogP contribution in [0.2, 0.25) is 0 Å². The van der Waals surface area contributed by atoms with Gasteiger partial charge in [0, 0.05) is 7.05 Å². The number of hydrogen-bond donors (Lipinski definition) is 2. The molecule has 0 spiro atoms. The largest absolute Gasteiger partial charge is 0.313 e. The van der Waals surface area contributed by atoms with Gasteiger partial charge >= 0.3 is 0 Å². The third-order valence-corrected chi connectivity index (χ3v) is 4.30. The summed E-state index contributed by atoms with van der Waals surface area (Å²) in [5.74, 6) is 0. The second-order valence-electron chi connectivity index (χ2n) is 6.77. The molecular weight excluding hydrogens is 272 g/mol. The molecule has 0 atom stereocenters. The third kappa shape index (κ3) is 19.9. The van der Waals surface area contributed by atoms with Crippen LogP contribution in [0.4, 0.5) is 0 Å². The van der Waals surface area contributed by atoms with Crippen molar-refractivity contribution in [3.63, 3.8) is 0 Å². The van der Waals surface area contributed by atoms with E-state index in [-0.39, 0.29) is 0 Å². The molecule has 0 rings (SSSR count). The molecule has 0 aromatic heterocycles. The van der Waals surface area contributed by atoms with Gasteiger partial charge in [-0.25, -0.2) is 0 Å². The van der Waals surface area contributed by atoms with Crippen LogP contribution in [0.15, 0.2) is 0 Å². The summed E-state index contributed by atoms with van der Waals surface area (Å²) in [6.45, 7) is 3.87. The summed E-state index contributed by atoms with van der Waals surface area (Å²) in [5, 5.41) is 13.3. The van der Waals surface area contributed by atoms with Gasteiger partial charge in [-0.1, -0.05) is 96.8 Å². The molecule has 3 heteroatoms. The topological polar surface area (TPSA) is 35.5 Å². The van der Waals surface area contributed by atoms with E-state index in [1.54, 1.807) is 7.05 Å². The van der Waals surface area contributed by atoms with Crippen molar-refractivity contribution in [1.29, 1.82) is 0 Å². The second kappa shape index (κ2) is 18.9. The molecule has 0 amide bonds. The molecule has 0 bridgehead atoms. The van der Waals surface area contributed by atoms with E-state index in [1.807, 2.05) is 0 Å². The Morgan fingerprint density at radius 3 is 1.36 bits per heavy atom. The fraction of sp³-hybridized carbons (Fsp3) is 1.00. The van der Waals surface area contributed by atoms with Gasteiger partial charge in [-0.2, -0.15) is 5.06 Å². The predicted molar refractivity (Wildman–Crippen MR) is 97.3 cm³/mol. The smallest absolute Gasteiger partial charge is 0.0726 e. The lowest BCUT2D eigenvalue weighted by atomic mass is 10.0. The highest BCUT2D eigenvalue weighted by Crippen LogP contribution is 2.13. The fourth-order valence-electron chi connectivity index (χ4n) is 2.86. The number of rotatable bonds is 18. The van der Waals surface area contributed by atoms with E-state index >= 15 is 0 Å². The van der Waals surface area contributed by atoms with Gasteiger partial charge in [0.15, 0.2) is 0 Å². The van der Waals surface area contributed by atoms with Crippen LogP contribution in [-0.2, 0) is 0 Å². The Labute approximate surface area is 139 Å². The summed E-state index contributed by atoms with van der Waals surface area (Å²) >= 11 is 0. The van der Waals surface area contributed by atoms with E-state index in [0.29, 0.717) is 6.67 Å². The van der Waals surface area contributed by atoms with Crippen molar-refractivity contribution in [3.05, 3.63) is 0 Å². The first-order valence-electron chi connectivity index (χ1n) is 9.88. The van der Waals surface area contributed by atoms with Gasteiger partial charge in [0.05, 0.1) is 6.67 Å². The minimum atomic E-state index is 0.568. The van der Waals surface area contributed by atoms with Gasteiger partial charge in [0.1, 0.15) is 0 Å². The van der Waals surface area contributed by atoms with Crippen molar-refractivity contribution >= 4 is 0 Å². The minimum absolute atomic E-state index is 0.568. The van der Waals surface area contributed by atoms with Gasteiger partial charge in [-0.15, -0.1) is 0 Å². The van der Waals surface area contributed by atoms with E-state index in [1.165, 1.54) is 101 Å². The lowest BCUT2D eigenvalue weighted by Gasteiger charge is -2.09. The molecule has 2 N–H and O–H groups in total. The number of nitrogens with one attached hydrogen (secondary N) is 1. The van der Waals surface area contributed by atoms with Crippen LogP contribution in [-0.4, -0.2) is 30.5 Å². The number of hydroxylamine groups is 2. The lowest BCUT2D eigenvalue weighted by Crippen LogP contribution is -2.29. The van der Waals surface area contributed by atoms with E-state index < -0.39 is 0 Å². The molecule has 0 saturated heterocycles. The first-order valence-corrected chi connectivity index (χ1v) is 9.88. The van der Waals surface area contributed by atoms with Crippen LogP contribution >= 0.6 is 0 Å². The van der Waals surface area contributed by atoms with Crippen molar-refractivity contribution < 1.29 is 5.21 Å². The van der Waals surface area contributed by atoms with Crippen molar-refractivity contribution in [2.75, 3.05) is 20.3 Å². The molecule has 0 aromatic carbocycles. The summed E-state index contributed by atoms with van der Waals surface area (Å²) in [6.07, 6.45) is 21.1. The van der Waals surface area contributed by atoms with Crippen molar-refractivity contribution in [2.45, 2.75) is 103 Å². The van der Waals surface area contributed by atoms with E-state index in [0.717, 1.165) is 6.54 Å². The van der Waals surface area contributed by atoms with Crippen LogP contribution in [0.25, 0.3) is 0 Å². The summed E-state index contributed by atoms with van der Waals surface area (Å²) < 4.78 is 0. The van der Waals surface area contributed by atoms with Gasteiger partial charge in [-0.05, 0) is 13.0 Å². The predicted octanol–water partition coefficient (Wildman–Crippen LogP) is 5.73. The quantitative estimate of drug-likeness (QED) is 0.193. The van der Waals surface area contributed by atoms with Gasteiger partial charge in [-0.3, -0.25) is 0 Å². The molecule has 0 aliphatic rings. The Bertz CT molecular complexity index is 198. The highest BCUT2D eigenvalue weighted by atomic mass is 16.5. The summed E-state index contributed by atoms with van der Waals surface area (Å²) in [5.41, 5.74) is 0. The molecule has 134 valence electrons. The first-order chi connectivity index (χ1) is 10.8. The van der Waals surface area contributed by atoms with Crippen LogP contribution < -0.4 is 5.32 Å². The maximum Gasteiger partial charge on any atom is 0.0726 e. The Morgan fingerprint density at radius 1 is 0.636 bits per heavy atom. The van der Waals surface area contributed by atoms with Gasteiger partial charge in [0.2, 0.25) is 0 Å². The van der Waals surface area contributed by atoms with Crippen LogP contribution in [0, 0.1) is 0 Å². The molecule has 22 heavy (non-hydrogen) atoms. The number of nitrogens with zero attached hydrogens (tertiary/aromatic N) is 1. The third-order valence-electron chi connectivity index (χ3n) is 4.30. The summed E-state index contributed by atoms with van der Waals surface area (Å²) in [6, 6.07) is 0. The van der Waals surface area contributed by atoms with Gasteiger partial charge < -0.3 is 10.5 Å². The Morgan fingerprint density at radius 2 is 1.00 bits per heavy atom. The SMILES string of the molecule is CCCCCCCCCCCCCCCCCNCN(C)O. The summed E-state index contributed by atoms with van der Waals surface area (Å²) in [7, 11) is 1.67. The molecule has 0 saturated carbocycles. The van der Waals surface area contributed by atoms with E-state index in [9.17, 15) is 0 Å². The molecular formula is C19H42N2O. The maximum atomic E-state index is 8.95. The summed E-state index contributed by atoms with van der Waals surface area (Å²) in [4.78, 5) is 0. The normalized spacial score (nSPS) is 11.5. The van der Waals surface area contributed by atoms with Crippen molar-refractivity contribution in [1.82, 2.24) is 10.4 Å². The molecule has 0 aliphatic heterocycles. The average Bonchev–Trinajstić information content (AvgIpc) is 2.50. The molecule has 3 nitrogen and oxygen atoms in total. The van der Waals surface area contributed by atoms with E-state index in [2.05, 4.69) is 12.2 Å². The molecule has 0 radical (unpaired) electrons. The Kier molecular flexibility index (Phi) is 18.8. The highest BCUT2D eigenvalue weighted by molar-refractivity contribution is 4.50. The minimum Gasteiger partial charge on any atom is -0.313 e. The second-order valence-corrected chi connectivity index (χ2v) is 6.77. The zero-order valence-electron chi connectivity index (χ0n) is 15.4. The van der Waals surface area contributed by atoms with Crippen LogP contribution in [0.5, 0.6) is 0 Å². The first kappa shape index (κ1) is 21.9. The highest BCUT2D eigenvalue weighted by Gasteiger charge is 1.95. The zero-order valence-corrected chi connectivity index (χ0v) is 15.4. The average molecular weight is 315 g/mol. The van der Waals surface area contributed by atoms with Gasteiger partial charge in [0.25, 0.3) is 0 Å². The standard InChI is InChI=1S/C19H42N2O/c1-3-4-5-6-7-8-9-10-11-12-13-14-15-16-17-18-20-19-21(2)22/h20,22H,3-19H2,1-2H3. The number of hydrogen-bond acceptors (Lipinski definition) is 3. The van der Waals surface area contributed by atoms with E-state index in [4.69, 9.17) is 5.21 Å². The molecule has 0 unspecified atom stereocenters. The van der Waals surface area contributed by atoms with Crippen LogP contribution in [0.1, 0.15) is 103 Å². The Hall–Kier alpha value is -0.120. The Balaban J connectivity index is 2.94. The molecule has 0 aliphatic carbocycles. The monoisotopic (exact) mass is 314 g/mol. The van der Waals surface area contributed by atoms with Crippen molar-refractivity contribution in [3.8, 4) is 0 Å². The zero-order chi connectivity index (χ0) is 16.3. The van der Waals surface area contributed by atoms with Crippen LogP contribution in [0.3, 0.4) is 0 Å². The molecule has 0 aromatic rings.